The second-order valence-corrected chi connectivity index (χ2v) is 5.38. The third-order valence-corrected chi connectivity index (χ3v) is 3.17. The number of rotatable bonds is 6. The van der Waals surface area contributed by atoms with Crippen LogP contribution in [-0.2, 0) is 11.0 Å². The molecule has 0 fully saturated rings. The first kappa shape index (κ1) is 21.3. The van der Waals surface area contributed by atoms with Crippen LogP contribution in [0, 0.1) is 5.82 Å². The smallest absolute Gasteiger partial charge is 0.422 e. The van der Waals surface area contributed by atoms with Crippen LogP contribution in [0.4, 0.5) is 36.4 Å². The standard InChI is InChI=1S/C17H12F7NO3/c18-11-3-1-2-4-13(11)27-8-15(26)25-12-7-10(17(22,23)24)5-6-14(12)28-9-16(19,20)21/h1-7H,8-9H2,(H,25,26). The molecule has 0 heterocycles. The van der Waals surface area contributed by atoms with Crippen molar-refractivity contribution in [1.82, 2.24) is 0 Å². The molecule has 0 aromatic heterocycles. The molecule has 0 spiro atoms. The molecule has 2 aromatic carbocycles. The van der Waals surface area contributed by atoms with E-state index in [1.54, 1.807) is 0 Å². The summed E-state index contributed by atoms with van der Waals surface area (Å²) in [5.74, 6) is -2.71. The maximum atomic E-state index is 13.4. The second kappa shape index (κ2) is 8.36. The minimum atomic E-state index is -4.80. The second-order valence-electron chi connectivity index (χ2n) is 5.38. The number of hydrogen-bond donors (Lipinski definition) is 1. The number of nitrogens with one attached hydrogen (secondary N) is 1. The van der Waals surface area contributed by atoms with Gasteiger partial charge in [-0.05, 0) is 30.3 Å². The zero-order valence-electron chi connectivity index (χ0n) is 13.8. The largest absolute Gasteiger partial charge is 0.482 e. The summed E-state index contributed by atoms with van der Waals surface area (Å²) in [6, 6.07) is 6.65. The highest BCUT2D eigenvalue weighted by Gasteiger charge is 2.33. The number of hydrogen-bond acceptors (Lipinski definition) is 3. The Morgan fingerprint density at radius 1 is 0.929 bits per heavy atom. The van der Waals surface area contributed by atoms with Gasteiger partial charge in [0.2, 0.25) is 0 Å². The molecule has 0 aliphatic rings. The van der Waals surface area contributed by atoms with E-state index in [0.29, 0.717) is 18.2 Å². The molecule has 0 atom stereocenters. The predicted octanol–water partition coefficient (Wildman–Crippen LogP) is 4.80. The van der Waals surface area contributed by atoms with Crippen molar-refractivity contribution in [2.24, 2.45) is 0 Å². The lowest BCUT2D eigenvalue weighted by atomic mass is 10.1. The summed E-state index contributed by atoms with van der Waals surface area (Å²) in [6.45, 7) is -2.57. The van der Waals surface area contributed by atoms with Crippen molar-refractivity contribution >= 4 is 11.6 Å². The molecule has 28 heavy (non-hydrogen) atoms. The minimum Gasteiger partial charge on any atom is -0.482 e. The quantitative estimate of drug-likeness (QED) is 0.695. The third-order valence-electron chi connectivity index (χ3n) is 3.17. The van der Waals surface area contributed by atoms with Crippen molar-refractivity contribution < 1.29 is 45.0 Å². The Balaban J connectivity index is 2.15. The molecule has 1 amide bonds. The molecule has 0 aliphatic heterocycles. The lowest BCUT2D eigenvalue weighted by molar-refractivity contribution is -0.153. The van der Waals surface area contributed by atoms with E-state index in [2.05, 4.69) is 4.74 Å². The molecule has 0 saturated heterocycles. The lowest BCUT2D eigenvalue weighted by Gasteiger charge is -2.16. The first-order valence-electron chi connectivity index (χ1n) is 7.54. The Morgan fingerprint density at radius 2 is 1.61 bits per heavy atom. The van der Waals surface area contributed by atoms with Crippen molar-refractivity contribution in [3.63, 3.8) is 0 Å². The number of halogens is 7. The van der Waals surface area contributed by atoms with Gasteiger partial charge in [-0.15, -0.1) is 0 Å². The fourth-order valence-corrected chi connectivity index (χ4v) is 1.98. The molecule has 11 heteroatoms. The average molecular weight is 411 g/mol. The van der Waals surface area contributed by atoms with E-state index in [0.717, 1.165) is 6.07 Å². The molecular formula is C17H12F7NO3. The Labute approximate surface area is 153 Å². The molecule has 152 valence electrons. The molecule has 0 radical (unpaired) electrons. The highest BCUT2D eigenvalue weighted by molar-refractivity contribution is 5.93. The van der Waals surface area contributed by atoms with Crippen LogP contribution in [0.1, 0.15) is 5.56 Å². The van der Waals surface area contributed by atoms with E-state index in [1.807, 2.05) is 5.32 Å². The van der Waals surface area contributed by atoms with Crippen LogP contribution >= 0.6 is 0 Å². The van der Waals surface area contributed by atoms with E-state index < -0.39 is 54.3 Å². The maximum absolute atomic E-state index is 13.4. The highest BCUT2D eigenvalue weighted by Crippen LogP contribution is 2.35. The number of para-hydroxylation sites is 1. The van der Waals surface area contributed by atoms with Crippen LogP contribution in [0.5, 0.6) is 11.5 Å². The van der Waals surface area contributed by atoms with E-state index in [-0.39, 0.29) is 5.75 Å². The van der Waals surface area contributed by atoms with Crippen LogP contribution in [-0.4, -0.2) is 25.3 Å². The van der Waals surface area contributed by atoms with E-state index >= 15 is 0 Å². The van der Waals surface area contributed by atoms with Gasteiger partial charge in [-0.25, -0.2) is 4.39 Å². The maximum Gasteiger partial charge on any atom is 0.422 e. The number of ether oxygens (including phenoxy) is 2. The summed E-state index contributed by atoms with van der Waals surface area (Å²) < 4.78 is 98.1. The number of carbonyl (C=O) groups is 1. The van der Waals surface area contributed by atoms with Crippen molar-refractivity contribution in [2.45, 2.75) is 12.4 Å². The van der Waals surface area contributed by atoms with Gasteiger partial charge in [-0.2, -0.15) is 26.3 Å². The first-order valence-corrected chi connectivity index (χ1v) is 7.54. The summed E-state index contributed by atoms with van der Waals surface area (Å²) in [7, 11) is 0. The van der Waals surface area contributed by atoms with Gasteiger partial charge < -0.3 is 14.8 Å². The van der Waals surface area contributed by atoms with Crippen molar-refractivity contribution in [3.8, 4) is 11.5 Å². The third kappa shape index (κ3) is 6.32. The SMILES string of the molecule is O=C(COc1ccccc1F)Nc1cc(C(F)(F)F)ccc1OCC(F)(F)F. The minimum absolute atomic E-state index is 0.282. The molecule has 0 bridgehead atoms. The van der Waals surface area contributed by atoms with Gasteiger partial charge in [-0.3, -0.25) is 4.79 Å². The Hall–Kier alpha value is -2.98. The lowest BCUT2D eigenvalue weighted by Crippen LogP contribution is -2.23. The number of anilines is 1. The molecule has 2 rings (SSSR count). The molecule has 0 saturated carbocycles. The highest BCUT2D eigenvalue weighted by atomic mass is 19.4. The van der Waals surface area contributed by atoms with E-state index in [9.17, 15) is 35.5 Å². The van der Waals surface area contributed by atoms with Gasteiger partial charge in [0.15, 0.2) is 24.8 Å². The van der Waals surface area contributed by atoms with Crippen LogP contribution in [0.3, 0.4) is 0 Å². The van der Waals surface area contributed by atoms with Crippen molar-refractivity contribution in [3.05, 3.63) is 53.8 Å². The predicted molar refractivity (Wildman–Crippen MR) is 83.5 cm³/mol. The monoisotopic (exact) mass is 411 g/mol. The van der Waals surface area contributed by atoms with Gasteiger partial charge in [0.1, 0.15) is 5.75 Å². The van der Waals surface area contributed by atoms with E-state index in [4.69, 9.17) is 4.74 Å². The summed E-state index contributed by atoms with van der Waals surface area (Å²) in [5.41, 5.74) is -1.85. The summed E-state index contributed by atoms with van der Waals surface area (Å²) >= 11 is 0. The number of amides is 1. The van der Waals surface area contributed by atoms with Crippen molar-refractivity contribution in [2.75, 3.05) is 18.5 Å². The van der Waals surface area contributed by atoms with Gasteiger partial charge in [0, 0.05) is 0 Å². The van der Waals surface area contributed by atoms with E-state index in [1.165, 1.54) is 18.2 Å². The van der Waals surface area contributed by atoms with Crippen molar-refractivity contribution in [1.29, 1.82) is 0 Å². The van der Waals surface area contributed by atoms with Gasteiger partial charge in [0.05, 0.1) is 11.3 Å². The molecule has 4 nitrogen and oxygen atoms in total. The summed E-state index contributed by atoms with van der Waals surface area (Å²) in [6.07, 6.45) is -9.54. The zero-order valence-corrected chi connectivity index (χ0v) is 13.8. The average Bonchev–Trinajstić information content (AvgIpc) is 2.58. The molecular weight excluding hydrogens is 399 g/mol. The normalized spacial score (nSPS) is 11.8. The topological polar surface area (TPSA) is 47.6 Å². The fourth-order valence-electron chi connectivity index (χ4n) is 1.98. The summed E-state index contributed by atoms with van der Waals surface area (Å²) in [5, 5.41) is 1.97. The van der Waals surface area contributed by atoms with Crippen LogP contribution in [0.15, 0.2) is 42.5 Å². The molecule has 0 aliphatic carbocycles. The molecule has 2 aromatic rings. The number of carbonyl (C=O) groups excluding carboxylic acids is 1. The molecule has 1 N–H and O–H groups in total. The number of alkyl halides is 6. The number of benzene rings is 2. The van der Waals surface area contributed by atoms with Crippen LogP contribution < -0.4 is 14.8 Å². The summed E-state index contributed by atoms with van der Waals surface area (Å²) in [4.78, 5) is 11.9. The zero-order chi connectivity index (χ0) is 20.9. The van der Waals surface area contributed by atoms with Gasteiger partial charge in [-0.1, -0.05) is 12.1 Å². The van der Waals surface area contributed by atoms with Crippen LogP contribution in [0.2, 0.25) is 0 Å². The van der Waals surface area contributed by atoms with Gasteiger partial charge in [0.25, 0.3) is 5.91 Å². The fraction of sp³-hybridized carbons (Fsp3) is 0.235. The first-order chi connectivity index (χ1) is 13.0. The van der Waals surface area contributed by atoms with Crippen LogP contribution in [0.25, 0.3) is 0 Å². The Kier molecular flexibility index (Phi) is 6.37. The van der Waals surface area contributed by atoms with Gasteiger partial charge >= 0.3 is 12.4 Å². The molecule has 0 unspecified atom stereocenters. The Bertz CT molecular complexity index is 834. The Morgan fingerprint density at radius 3 is 2.21 bits per heavy atom.